The molecule has 16 heteroatoms. The lowest BCUT2D eigenvalue weighted by atomic mass is 9.94. The molecule has 610 valence electrons. The summed E-state index contributed by atoms with van der Waals surface area (Å²) < 4.78 is 45.1. The van der Waals surface area contributed by atoms with Gasteiger partial charge in [-0.25, -0.2) is 29.9 Å². The zero-order chi connectivity index (χ0) is 85.6. The number of nitrogens with zero attached hydrogens (tertiary/aromatic N) is 10. The summed E-state index contributed by atoms with van der Waals surface area (Å²) in [5, 5.41) is 20.3. The van der Waals surface area contributed by atoms with Crippen molar-refractivity contribution in [1.82, 2.24) is 48.6 Å². The molecule has 0 saturated heterocycles. The van der Waals surface area contributed by atoms with E-state index in [-0.39, 0.29) is 0 Å². The van der Waals surface area contributed by atoms with Gasteiger partial charge in [-0.1, -0.05) is 291 Å². The van der Waals surface area contributed by atoms with Crippen LogP contribution in [-0.4, -0.2) is 48.6 Å². The third-order valence-corrected chi connectivity index (χ3v) is 25.9. The van der Waals surface area contributed by atoms with Crippen molar-refractivity contribution in [2.45, 2.75) is 0 Å². The topological polar surface area (TPSA) is 184 Å². The second-order valence-corrected chi connectivity index (χ2v) is 33.1. The summed E-state index contributed by atoms with van der Waals surface area (Å²) in [7, 11) is 0. The Kier molecular flexibility index (Phi) is 15.5. The normalized spacial score (nSPS) is 12.1. The molecular weight excluding hydrogens is 1620 g/mol. The van der Waals surface area contributed by atoms with Crippen molar-refractivity contribution in [2.24, 2.45) is 0 Å². The Hall–Kier alpha value is -18.2. The first-order valence-corrected chi connectivity index (χ1v) is 43.6. The summed E-state index contributed by atoms with van der Waals surface area (Å²) in [6.07, 6.45) is 1.80. The Morgan fingerprint density at radius 3 is 0.847 bits per heavy atom. The van der Waals surface area contributed by atoms with E-state index in [1.807, 2.05) is 152 Å². The molecule has 17 aromatic carbocycles. The predicted octanol–water partition coefficient (Wildman–Crippen LogP) is 30.5. The van der Waals surface area contributed by atoms with Crippen LogP contribution in [0.2, 0.25) is 0 Å². The smallest absolute Gasteiger partial charge is 0.236 e. The molecule has 13 aromatic heterocycles. The molecule has 0 aliphatic heterocycles. The summed E-state index contributed by atoms with van der Waals surface area (Å²) in [5.41, 5.74) is 24.6. The van der Waals surface area contributed by atoms with Crippen LogP contribution >= 0.6 is 0 Å². The monoisotopic (exact) mass is 1680 g/mol. The fraction of sp³-hybridized carbons (Fsp3) is 0. The highest BCUT2D eigenvalue weighted by Gasteiger charge is 2.33. The van der Waals surface area contributed by atoms with Crippen molar-refractivity contribution < 1.29 is 26.5 Å². The zero-order valence-corrected chi connectivity index (χ0v) is 69.4. The van der Waals surface area contributed by atoms with E-state index in [0.717, 1.165) is 209 Å². The Morgan fingerprint density at radius 2 is 0.466 bits per heavy atom. The lowest BCUT2D eigenvalue weighted by Gasteiger charge is -2.16. The molecule has 0 N–H and O–H groups in total. The van der Waals surface area contributed by atoms with Crippen LogP contribution in [0, 0.1) is 0 Å². The average molecular weight is 1680 g/mol. The number of hydrogen-bond acceptors (Lipinski definition) is 13. The average Bonchev–Trinajstić information content (AvgIpc) is 1.57. The lowest BCUT2D eigenvalue weighted by Crippen LogP contribution is -2.04. The van der Waals surface area contributed by atoms with Crippen molar-refractivity contribution in [1.29, 1.82) is 0 Å². The first-order valence-electron chi connectivity index (χ1n) is 43.6. The third kappa shape index (κ3) is 10.8. The van der Waals surface area contributed by atoms with Gasteiger partial charge in [0, 0.05) is 76.6 Å². The van der Waals surface area contributed by atoms with Gasteiger partial charge in [0.15, 0.2) is 33.5 Å². The number of fused-ring (bicyclic) bond motifs is 36. The highest BCUT2D eigenvalue weighted by atomic mass is 16.4. The highest BCUT2D eigenvalue weighted by molar-refractivity contribution is 6.30. The molecule has 30 aromatic rings. The first kappa shape index (κ1) is 72.2. The van der Waals surface area contributed by atoms with Gasteiger partial charge < -0.3 is 26.5 Å². The van der Waals surface area contributed by atoms with E-state index in [1.165, 1.54) is 21.7 Å². The minimum Gasteiger partial charge on any atom is -0.450 e. The zero-order valence-electron chi connectivity index (χ0n) is 69.4. The van der Waals surface area contributed by atoms with Gasteiger partial charge in [0.1, 0.15) is 72.3 Å². The largest absolute Gasteiger partial charge is 0.450 e. The minimum absolute atomic E-state index is 0.538. The van der Waals surface area contributed by atoms with E-state index >= 15 is 0 Å². The quantitative estimate of drug-likeness (QED) is 0.137. The SMILES string of the molecule is c1ccc(-c2ccc(-c3nc(-n4c5c6ccccc6oc5c5oc6ccccc6c54)nc4c5ccccc5c5ccccc5c34)cc2)cc1.c1ccc(-c2nc(-n3c4c5ccccc5oc4c4oc5ccccc5c43)nc3c4ccccc4c4ccccc4c23)cc1.c1ccc(-c2nc(-n3c4c5ccccc5oc4c4oc5ccccc5c43)nc3ccc4ccccc4c23)nc1. The molecule has 0 aliphatic rings. The lowest BCUT2D eigenvalue weighted by molar-refractivity contribution is 0.634. The van der Waals surface area contributed by atoms with E-state index in [2.05, 4.69) is 244 Å². The molecule has 131 heavy (non-hydrogen) atoms. The van der Waals surface area contributed by atoms with Gasteiger partial charge in [-0.3, -0.25) is 18.7 Å². The number of para-hydroxylation sites is 6. The van der Waals surface area contributed by atoms with Gasteiger partial charge in [0.2, 0.25) is 17.8 Å². The van der Waals surface area contributed by atoms with Crippen LogP contribution in [-0.2, 0) is 0 Å². The van der Waals surface area contributed by atoms with Crippen molar-refractivity contribution in [3.05, 3.63) is 388 Å². The van der Waals surface area contributed by atoms with E-state index in [9.17, 15) is 0 Å². The van der Waals surface area contributed by atoms with Crippen LogP contribution in [0.4, 0.5) is 0 Å². The standard InChI is InChI=1S/C44H25N3O2.C38H21N3O2.C33H18N4O2/c1-2-12-26(13-3-1)27-22-24-28(25-23-27)38-37-31-16-6-4-14-29(31)30-15-5-7-17-32(30)39(37)46-44(45-38)47-40-33-18-8-10-20-35(33)48-42(40)43-41(47)34-19-9-11-21-36(34)49-43;1-2-12-22(13-3-1)32-31-25-16-6-4-14-23(25)24-15-5-7-17-26(24)33(31)40-38(39-32)41-34-27-18-8-10-20-29(27)42-36(34)37-35(41)28-19-9-11-21-30(28)43-37;1-2-10-20-19(9-1)16-17-23-27(20)28(24-13-7-8-18-34-24)36-33(35-23)37-29-21-11-3-5-14-25(21)38-31(29)32-30(37)22-12-4-6-15-26(22)39-32/h1-25H;1-21H;1-18H. The van der Waals surface area contributed by atoms with Crippen LogP contribution in [0.5, 0.6) is 0 Å². The van der Waals surface area contributed by atoms with E-state index < -0.39 is 0 Å². The summed E-state index contributed by atoms with van der Waals surface area (Å²) in [4.78, 5) is 36.9. The molecule has 30 rings (SSSR count). The Morgan fingerprint density at radius 1 is 0.183 bits per heavy atom. The van der Waals surface area contributed by atoms with Crippen molar-refractivity contribution in [3.63, 3.8) is 0 Å². The molecule has 0 atom stereocenters. The number of benzene rings is 17. The third-order valence-electron chi connectivity index (χ3n) is 25.9. The second-order valence-electron chi connectivity index (χ2n) is 33.1. The number of rotatable bonds is 7. The molecule has 0 unspecified atom stereocenters. The van der Waals surface area contributed by atoms with Crippen LogP contribution in [0.15, 0.2) is 415 Å². The van der Waals surface area contributed by atoms with Crippen LogP contribution < -0.4 is 0 Å². The molecule has 0 spiro atoms. The van der Waals surface area contributed by atoms with Crippen LogP contribution in [0.1, 0.15) is 0 Å². The molecule has 0 bridgehead atoms. The Labute approximate surface area is 740 Å². The molecule has 0 amide bonds. The number of aromatic nitrogens is 10. The van der Waals surface area contributed by atoms with Crippen LogP contribution in [0.25, 0.3) is 282 Å². The van der Waals surface area contributed by atoms with Crippen molar-refractivity contribution >= 4 is 219 Å². The fourth-order valence-corrected chi connectivity index (χ4v) is 20.2. The summed E-state index contributed by atoms with van der Waals surface area (Å²) in [6, 6.07) is 131. The Balaban J connectivity index is 0.0000000992. The molecule has 0 radical (unpaired) electrons. The fourth-order valence-electron chi connectivity index (χ4n) is 20.2. The summed E-state index contributed by atoms with van der Waals surface area (Å²) in [6.45, 7) is 0. The Bertz CT molecular complexity index is 9770. The van der Waals surface area contributed by atoms with Gasteiger partial charge in [0.25, 0.3) is 0 Å². The molecule has 16 nitrogen and oxygen atoms in total. The van der Waals surface area contributed by atoms with Gasteiger partial charge in [-0.05, 0) is 145 Å². The van der Waals surface area contributed by atoms with E-state index in [0.29, 0.717) is 51.3 Å². The van der Waals surface area contributed by atoms with Crippen LogP contribution in [0.3, 0.4) is 0 Å². The summed E-state index contributed by atoms with van der Waals surface area (Å²) in [5.74, 6) is 1.68. The molecule has 0 saturated carbocycles. The molecule has 13 heterocycles. The molecule has 0 aliphatic carbocycles. The number of furan rings is 6. The van der Waals surface area contributed by atoms with Gasteiger partial charge in [0.05, 0.1) is 33.6 Å². The molecular formula is C115H64N10O6. The number of hydrogen-bond donors (Lipinski definition) is 0. The second kappa shape index (κ2) is 28.2. The summed E-state index contributed by atoms with van der Waals surface area (Å²) >= 11 is 0. The van der Waals surface area contributed by atoms with Gasteiger partial charge in [-0.15, -0.1) is 0 Å². The van der Waals surface area contributed by atoms with E-state index in [1.54, 1.807) is 6.20 Å². The van der Waals surface area contributed by atoms with Crippen molar-refractivity contribution in [2.75, 3.05) is 0 Å². The predicted molar refractivity (Wildman–Crippen MR) is 527 cm³/mol. The van der Waals surface area contributed by atoms with Crippen molar-refractivity contribution in [3.8, 4) is 62.9 Å². The van der Waals surface area contributed by atoms with Gasteiger partial charge >= 0.3 is 0 Å². The highest BCUT2D eigenvalue weighted by Crippen LogP contribution is 2.50. The number of pyridine rings is 1. The maximum absolute atomic E-state index is 6.51. The maximum Gasteiger partial charge on any atom is 0.236 e. The van der Waals surface area contributed by atoms with Gasteiger partial charge in [-0.2, -0.15) is 0 Å². The molecule has 0 fully saturated rings. The van der Waals surface area contributed by atoms with E-state index in [4.69, 9.17) is 61.4 Å². The minimum atomic E-state index is 0.538. The maximum atomic E-state index is 6.51. The first-order chi connectivity index (χ1) is 65.0.